The lowest BCUT2D eigenvalue weighted by molar-refractivity contribution is -0.148. The number of ether oxygens (including phenoxy) is 1. The van der Waals surface area contributed by atoms with Crippen LogP contribution in [-0.2, 0) is 14.3 Å². The van der Waals surface area contributed by atoms with Crippen LogP contribution < -0.4 is 5.32 Å². The molecule has 0 spiro atoms. The van der Waals surface area contributed by atoms with Crippen molar-refractivity contribution >= 4 is 23.5 Å². The van der Waals surface area contributed by atoms with E-state index in [1.807, 2.05) is 24.3 Å². The van der Waals surface area contributed by atoms with E-state index in [1.54, 1.807) is 19.9 Å². The molecule has 0 unspecified atom stereocenters. The number of rotatable bonds is 6. The van der Waals surface area contributed by atoms with Gasteiger partial charge < -0.3 is 10.1 Å². The van der Waals surface area contributed by atoms with Crippen molar-refractivity contribution in [2.24, 2.45) is 5.92 Å². The number of carbonyl (C=O) groups excluding carboxylic acids is 2. The highest BCUT2D eigenvalue weighted by Crippen LogP contribution is 2.27. The highest BCUT2D eigenvalue weighted by molar-refractivity contribution is 6.31. The van der Waals surface area contributed by atoms with Crippen LogP contribution in [-0.4, -0.2) is 18.0 Å². The van der Waals surface area contributed by atoms with E-state index in [4.69, 9.17) is 16.3 Å². The molecule has 1 N–H and O–H groups in total. The molecule has 1 aromatic carbocycles. The fraction of sp³-hybridized carbons (Fsp3) is 0.474. The standard InChI is InChI=1S/C19H24ClNO3/c1-13(2)24-18(22)12-17(15-10-6-7-11-16(15)20)21-19(23)14-8-4-3-5-9-14/h3-4,6-7,10-11,13-14,17H,5,8-9,12H2,1-2H3,(H,21,23)/t14-,17+/m0/s1. The summed E-state index contributed by atoms with van der Waals surface area (Å²) >= 11 is 6.26. The molecule has 0 aliphatic heterocycles. The molecular formula is C19H24ClNO3. The molecule has 2 rings (SSSR count). The number of halogens is 1. The largest absolute Gasteiger partial charge is 0.463 e. The predicted octanol–water partition coefficient (Wildman–Crippen LogP) is 4.20. The zero-order valence-corrected chi connectivity index (χ0v) is 14.9. The van der Waals surface area contributed by atoms with Gasteiger partial charge in [0.25, 0.3) is 0 Å². The maximum absolute atomic E-state index is 12.6. The number of nitrogens with one attached hydrogen (secondary N) is 1. The highest BCUT2D eigenvalue weighted by atomic mass is 35.5. The first-order valence-corrected chi connectivity index (χ1v) is 8.74. The summed E-state index contributed by atoms with van der Waals surface area (Å²) in [5, 5.41) is 3.52. The van der Waals surface area contributed by atoms with Gasteiger partial charge in [0, 0.05) is 10.9 Å². The van der Waals surface area contributed by atoms with Gasteiger partial charge in [0.15, 0.2) is 0 Å². The lowest BCUT2D eigenvalue weighted by Crippen LogP contribution is -2.36. The second kappa shape index (κ2) is 8.88. The Balaban J connectivity index is 2.13. The molecule has 0 aromatic heterocycles. The second-order valence-corrected chi connectivity index (χ2v) is 6.71. The summed E-state index contributed by atoms with van der Waals surface area (Å²) in [5.74, 6) is -0.443. The fourth-order valence-electron chi connectivity index (χ4n) is 2.80. The Kier molecular flexibility index (Phi) is 6.85. The zero-order valence-electron chi connectivity index (χ0n) is 14.1. The zero-order chi connectivity index (χ0) is 17.5. The van der Waals surface area contributed by atoms with Crippen molar-refractivity contribution in [2.45, 2.75) is 51.7 Å². The van der Waals surface area contributed by atoms with Gasteiger partial charge in [-0.15, -0.1) is 0 Å². The molecule has 1 aliphatic rings. The van der Waals surface area contributed by atoms with E-state index in [-0.39, 0.29) is 30.3 Å². The molecule has 24 heavy (non-hydrogen) atoms. The molecule has 0 radical (unpaired) electrons. The first kappa shape index (κ1) is 18.5. The van der Waals surface area contributed by atoms with Crippen molar-refractivity contribution in [3.8, 4) is 0 Å². The van der Waals surface area contributed by atoms with Gasteiger partial charge in [-0.2, -0.15) is 0 Å². The van der Waals surface area contributed by atoms with Crippen LogP contribution in [0.5, 0.6) is 0 Å². The van der Waals surface area contributed by atoms with Gasteiger partial charge in [-0.1, -0.05) is 42.0 Å². The van der Waals surface area contributed by atoms with E-state index in [0.29, 0.717) is 5.02 Å². The van der Waals surface area contributed by atoms with Crippen molar-refractivity contribution in [1.82, 2.24) is 5.32 Å². The summed E-state index contributed by atoms with van der Waals surface area (Å²) in [6.07, 6.45) is 6.47. The maximum Gasteiger partial charge on any atom is 0.308 e. The highest BCUT2D eigenvalue weighted by Gasteiger charge is 2.26. The van der Waals surface area contributed by atoms with Crippen molar-refractivity contribution in [1.29, 1.82) is 0 Å². The molecule has 2 atom stereocenters. The van der Waals surface area contributed by atoms with Crippen LogP contribution in [0.15, 0.2) is 36.4 Å². The van der Waals surface area contributed by atoms with Crippen molar-refractivity contribution in [3.63, 3.8) is 0 Å². The minimum atomic E-state index is -0.483. The van der Waals surface area contributed by atoms with Crippen molar-refractivity contribution in [2.75, 3.05) is 0 Å². The smallest absolute Gasteiger partial charge is 0.308 e. The molecule has 0 bridgehead atoms. The van der Waals surface area contributed by atoms with Crippen LogP contribution >= 0.6 is 11.6 Å². The van der Waals surface area contributed by atoms with E-state index in [0.717, 1.165) is 24.8 Å². The molecule has 1 aromatic rings. The Labute approximate surface area is 148 Å². The average Bonchev–Trinajstić information content (AvgIpc) is 2.54. The number of hydrogen-bond acceptors (Lipinski definition) is 3. The van der Waals surface area contributed by atoms with Gasteiger partial charge in [-0.3, -0.25) is 9.59 Å². The molecule has 1 aliphatic carbocycles. The summed E-state index contributed by atoms with van der Waals surface area (Å²) in [7, 11) is 0. The maximum atomic E-state index is 12.6. The van der Waals surface area contributed by atoms with E-state index >= 15 is 0 Å². The molecule has 0 fully saturated rings. The van der Waals surface area contributed by atoms with Crippen LogP contribution in [0.2, 0.25) is 5.02 Å². The summed E-state index contributed by atoms with van der Waals surface area (Å²) in [6, 6.07) is 6.77. The third kappa shape index (κ3) is 5.38. The summed E-state index contributed by atoms with van der Waals surface area (Å²) in [5.41, 5.74) is 0.736. The Morgan fingerprint density at radius 2 is 2.04 bits per heavy atom. The van der Waals surface area contributed by atoms with E-state index in [2.05, 4.69) is 11.4 Å². The van der Waals surface area contributed by atoms with Crippen LogP contribution in [0, 0.1) is 5.92 Å². The molecule has 0 saturated heterocycles. The second-order valence-electron chi connectivity index (χ2n) is 6.31. The Morgan fingerprint density at radius 3 is 2.67 bits per heavy atom. The Morgan fingerprint density at radius 1 is 1.29 bits per heavy atom. The number of benzene rings is 1. The average molecular weight is 350 g/mol. The predicted molar refractivity (Wildman–Crippen MR) is 94.7 cm³/mol. The number of allylic oxidation sites excluding steroid dienone is 2. The van der Waals surface area contributed by atoms with Gasteiger partial charge in [0.2, 0.25) is 5.91 Å². The van der Waals surface area contributed by atoms with Gasteiger partial charge >= 0.3 is 5.97 Å². The third-order valence-electron chi connectivity index (χ3n) is 3.97. The minimum Gasteiger partial charge on any atom is -0.463 e. The van der Waals surface area contributed by atoms with Crippen LogP contribution in [0.25, 0.3) is 0 Å². The van der Waals surface area contributed by atoms with Crippen molar-refractivity contribution in [3.05, 3.63) is 47.0 Å². The summed E-state index contributed by atoms with van der Waals surface area (Å²) in [6.45, 7) is 3.60. The lowest BCUT2D eigenvalue weighted by Gasteiger charge is -2.24. The third-order valence-corrected chi connectivity index (χ3v) is 4.32. The fourth-order valence-corrected chi connectivity index (χ4v) is 3.06. The summed E-state index contributed by atoms with van der Waals surface area (Å²) in [4.78, 5) is 24.6. The Bertz CT molecular complexity index is 612. The molecular weight excluding hydrogens is 326 g/mol. The molecule has 1 amide bonds. The van der Waals surface area contributed by atoms with Crippen LogP contribution in [0.1, 0.15) is 51.1 Å². The minimum absolute atomic E-state index is 0.0402. The van der Waals surface area contributed by atoms with E-state index in [1.165, 1.54) is 0 Å². The molecule has 4 nitrogen and oxygen atoms in total. The van der Waals surface area contributed by atoms with Gasteiger partial charge in [0.05, 0.1) is 18.6 Å². The number of esters is 1. The van der Waals surface area contributed by atoms with E-state index < -0.39 is 6.04 Å². The number of hydrogen-bond donors (Lipinski definition) is 1. The van der Waals surface area contributed by atoms with Crippen LogP contribution in [0.3, 0.4) is 0 Å². The SMILES string of the molecule is CC(C)OC(=O)C[C@@H](NC(=O)[C@H]1CC=CCC1)c1ccccc1Cl. The number of amides is 1. The van der Waals surface area contributed by atoms with Gasteiger partial charge in [-0.25, -0.2) is 0 Å². The van der Waals surface area contributed by atoms with Gasteiger partial charge in [-0.05, 0) is 44.7 Å². The molecule has 0 saturated carbocycles. The van der Waals surface area contributed by atoms with Crippen molar-refractivity contribution < 1.29 is 14.3 Å². The molecule has 130 valence electrons. The normalized spacial score (nSPS) is 18.2. The quantitative estimate of drug-likeness (QED) is 0.618. The van der Waals surface area contributed by atoms with E-state index in [9.17, 15) is 9.59 Å². The topological polar surface area (TPSA) is 55.4 Å². The summed E-state index contributed by atoms with van der Waals surface area (Å²) < 4.78 is 5.22. The Hall–Kier alpha value is -1.81. The van der Waals surface area contributed by atoms with Gasteiger partial charge in [0.1, 0.15) is 0 Å². The monoisotopic (exact) mass is 349 g/mol. The molecule has 5 heteroatoms. The first-order valence-electron chi connectivity index (χ1n) is 8.36. The lowest BCUT2D eigenvalue weighted by atomic mass is 9.92. The first-order chi connectivity index (χ1) is 11.5. The van der Waals surface area contributed by atoms with Crippen LogP contribution in [0.4, 0.5) is 0 Å². The number of carbonyl (C=O) groups is 2. The molecule has 0 heterocycles.